The van der Waals surface area contributed by atoms with Crippen molar-refractivity contribution >= 4 is 34.4 Å². The molecule has 7 nitrogen and oxygen atoms in total. The summed E-state index contributed by atoms with van der Waals surface area (Å²) in [6, 6.07) is 0. The summed E-state index contributed by atoms with van der Waals surface area (Å²) in [7, 11) is 0. The molecular weight excluding hydrogens is 234 g/mol. The number of H-pyrrole nitrogens is 1. The minimum atomic E-state index is -0.907. The number of aromatic nitrogens is 3. The van der Waals surface area contributed by atoms with Gasteiger partial charge < -0.3 is 16.5 Å². The summed E-state index contributed by atoms with van der Waals surface area (Å²) in [6.45, 7) is 0. The fourth-order valence-electron chi connectivity index (χ4n) is 1.31. The molecule has 16 heavy (non-hydrogen) atoms. The number of hydrogen-bond donors (Lipinski definition) is 3. The van der Waals surface area contributed by atoms with Gasteiger partial charge in [-0.15, -0.1) is 0 Å². The van der Waals surface area contributed by atoms with Crippen LogP contribution in [0.4, 0.5) is 5.82 Å². The number of hydrogen-bond acceptors (Lipinski definition) is 5. The van der Waals surface area contributed by atoms with Gasteiger partial charge in [0.25, 0.3) is 5.91 Å². The van der Waals surface area contributed by atoms with E-state index in [1.807, 2.05) is 0 Å². The zero-order valence-electron chi connectivity index (χ0n) is 7.82. The molecule has 0 saturated carbocycles. The maximum absolute atomic E-state index is 11.8. The maximum Gasteiger partial charge on any atom is 0.256 e. The van der Waals surface area contributed by atoms with Gasteiger partial charge in [0.15, 0.2) is 0 Å². The molecule has 5 N–H and O–H groups in total. The first kappa shape index (κ1) is 10.4. The highest BCUT2D eigenvalue weighted by Crippen LogP contribution is 2.11. The summed E-state index contributed by atoms with van der Waals surface area (Å²) < 4.78 is 0. The molecule has 0 atom stereocenters. The van der Waals surface area contributed by atoms with Crippen LogP contribution < -0.4 is 16.9 Å². The number of amides is 1. The number of rotatable bonds is 1. The third-order valence-electron chi connectivity index (χ3n) is 2.00. The van der Waals surface area contributed by atoms with Crippen molar-refractivity contribution in [1.82, 2.24) is 15.0 Å². The Morgan fingerprint density at radius 1 is 1.50 bits per heavy atom. The Bertz CT molecular complexity index is 651. The van der Waals surface area contributed by atoms with Crippen molar-refractivity contribution in [2.75, 3.05) is 5.73 Å². The third-order valence-corrected chi connectivity index (χ3v) is 2.18. The lowest BCUT2D eigenvalue weighted by Crippen LogP contribution is -2.25. The van der Waals surface area contributed by atoms with Crippen molar-refractivity contribution in [1.29, 1.82) is 0 Å². The molecule has 8 heteroatoms. The first-order chi connectivity index (χ1) is 7.50. The van der Waals surface area contributed by atoms with E-state index >= 15 is 0 Å². The number of carbonyl (C=O) groups excluding carboxylic acids is 1. The van der Waals surface area contributed by atoms with E-state index in [1.165, 1.54) is 6.20 Å². The molecule has 0 spiro atoms. The second kappa shape index (κ2) is 3.46. The molecule has 0 aromatic carbocycles. The number of nitrogen functional groups attached to an aromatic ring is 1. The summed E-state index contributed by atoms with van der Waals surface area (Å²) in [4.78, 5) is 32.8. The van der Waals surface area contributed by atoms with Gasteiger partial charge in [0, 0.05) is 6.20 Å². The Balaban J connectivity index is 2.95. The van der Waals surface area contributed by atoms with Crippen LogP contribution in [-0.2, 0) is 0 Å². The quantitative estimate of drug-likeness (QED) is 0.586. The Hall–Kier alpha value is -2.15. The number of carbonyl (C=O) groups is 1. The molecule has 82 valence electrons. The number of anilines is 1. The van der Waals surface area contributed by atoms with E-state index in [9.17, 15) is 9.59 Å². The van der Waals surface area contributed by atoms with Crippen molar-refractivity contribution in [3.63, 3.8) is 0 Å². The first-order valence-corrected chi connectivity index (χ1v) is 4.52. The second-order valence-electron chi connectivity index (χ2n) is 3.01. The maximum atomic E-state index is 11.8. The van der Waals surface area contributed by atoms with Crippen LogP contribution in [0, 0.1) is 0 Å². The predicted molar refractivity (Wildman–Crippen MR) is 58.1 cm³/mol. The number of halogens is 1. The zero-order chi connectivity index (χ0) is 11.9. The minimum absolute atomic E-state index is 0.0330. The van der Waals surface area contributed by atoms with E-state index in [-0.39, 0.29) is 27.7 Å². The molecule has 2 heterocycles. The molecular formula is C8H6ClN5O2. The summed E-state index contributed by atoms with van der Waals surface area (Å²) in [5.74, 6) is -1.05. The number of fused-ring (bicyclic) bond motifs is 1. The Morgan fingerprint density at radius 3 is 2.81 bits per heavy atom. The molecule has 0 aliphatic rings. The van der Waals surface area contributed by atoms with Crippen LogP contribution in [0.25, 0.3) is 11.0 Å². The molecule has 0 bridgehead atoms. The summed E-state index contributed by atoms with van der Waals surface area (Å²) in [6.07, 6.45) is 1.20. The van der Waals surface area contributed by atoms with Crippen molar-refractivity contribution in [3.05, 3.63) is 27.3 Å². The molecule has 0 fully saturated rings. The standard InChI is InChI=1S/C8H6ClN5O2/c9-8-12-1-2-4(15)3(6(11)16)5(10)13-7(2)14-8/h1H,(H2,11,16)(H3,10,12,13,14,15). The van der Waals surface area contributed by atoms with Gasteiger partial charge >= 0.3 is 0 Å². The van der Waals surface area contributed by atoms with E-state index < -0.39 is 11.3 Å². The van der Waals surface area contributed by atoms with Gasteiger partial charge in [-0.25, -0.2) is 4.98 Å². The topological polar surface area (TPSA) is 128 Å². The van der Waals surface area contributed by atoms with Crippen LogP contribution in [0.2, 0.25) is 5.28 Å². The smallest absolute Gasteiger partial charge is 0.256 e. The van der Waals surface area contributed by atoms with Crippen LogP contribution in [0.3, 0.4) is 0 Å². The molecule has 0 unspecified atom stereocenters. The Labute approximate surface area is 93.4 Å². The lowest BCUT2D eigenvalue weighted by Gasteiger charge is -2.03. The number of nitrogens with zero attached hydrogens (tertiary/aromatic N) is 2. The number of nitrogens with one attached hydrogen (secondary N) is 1. The SMILES string of the molecule is NC(=O)c1c(N)[nH]c2nc(Cl)ncc2c1=O. The van der Waals surface area contributed by atoms with Crippen LogP contribution in [0.15, 0.2) is 11.0 Å². The van der Waals surface area contributed by atoms with Gasteiger partial charge in [0.2, 0.25) is 10.7 Å². The van der Waals surface area contributed by atoms with Gasteiger partial charge in [-0.2, -0.15) is 4.98 Å². The fraction of sp³-hybridized carbons (Fsp3) is 0. The Kier molecular flexibility index (Phi) is 2.24. The lowest BCUT2D eigenvalue weighted by molar-refractivity contribution is 0.1000. The minimum Gasteiger partial charge on any atom is -0.384 e. The first-order valence-electron chi connectivity index (χ1n) is 4.14. The van der Waals surface area contributed by atoms with Gasteiger partial charge in [0.1, 0.15) is 17.0 Å². The molecule has 0 aliphatic heterocycles. The molecule has 0 radical (unpaired) electrons. The molecule has 0 aliphatic carbocycles. The van der Waals surface area contributed by atoms with E-state index in [0.29, 0.717) is 0 Å². The van der Waals surface area contributed by atoms with E-state index in [1.54, 1.807) is 0 Å². The Morgan fingerprint density at radius 2 is 2.19 bits per heavy atom. The van der Waals surface area contributed by atoms with Crippen molar-refractivity contribution < 1.29 is 4.79 Å². The number of pyridine rings is 1. The zero-order valence-corrected chi connectivity index (χ0v) is 8.58. The summed E-state index contributed by atoms with van der Waals surface area (Å²) >= 11 is 5.55. The highest BCUT2D eigenvalue weighted by atomic mass is 35.5. The van der Waals surface area contributed by atoms with Crippen LogP contribution in [0.5, 0.6) is 0 Å². The molecule has 2 aromatic heterocycles. The van der Waals surface area contributed by atoms with Crippen molar-refractivity contribution in [2.24, 2.45) is 5.73 Å². The van der Waals surface area contributed by atoms with Crippen molar-refractivity contribution in [2.45, 2.75) is 0 Å². The van der Waals surface area contributed by atoms with Gasteiger partial charge in [-0.3, -0.25) is 9.59 Å². The number of nitrogens with two attached hydrogens (primary N) is 2. The fourth-order valence-corrected chi connectivity index (χ4v) is 1.45. The highest BCUT2D eigenvalue weighted by Gasteiger charge is 2.15. The monoisotopic (exact) mass is 239 g/mol. The van der Waals surface area contributed by atoms with Crippen LogP contribution >= 0.6 is 11.6 Å². The largest absolute Gasteiger partial charge is 0.384 e. The van der Waals surface area contributed by atoms with E-state index in [2.05, 4.69) is 15.0 Å². The van der Waals surface area contributed by atoms with E-state index in [4.69, 9.17) is 23.1 Å². The predicted octanol–water partition coefficient (Wildman–Crippen LogP) is -0.347. The molecule has 0 saturated heterocycles. The van der Waals surface area contributed by atoms with Gasteiger partial charge in [0.05, 0.1) is 5.39 Å². The number of aromatic amines is 1. The average molecular weight is 240 g/mol. The normalized spacial score (nSPS) is 10.6. The molecule has 2 aromatic rings. The molecule has 1 amide bonds. The second-order valence-corrected chi connectivity index (χ2v) is 3.35. The van der Waals surface area contributed by atoms with Crippen LogP contribution in [-0.4, -0.2) is 20.9 Å². The summed E-state index contributed by atoms with van der Waals surface area (Å²) in [5, 5.41) is 0.0711. The highest BCUT2D eigenvalue weighted by molar-refractivity contribution is 6.28. The lowest BCUT2D eigenvalue weighted by atomic mass is 10.2. The summed E-state index contributed by atoms with van der Waals surface area (Å²) in [5.41, 5.74) is 9.75. The van der Waals surface area contributed by atoms with Crippen LogP contribution in [0.1, 0.15) is 10.4 Å². The molecule has 2 rings (SSSR count). The number of primary amides is 1. The third kappa shape index (κ3) is 1.47. The van der Waals surface area contributed by atoms with Gasteiger partial charge in [-0.1, -0.05) is 0 Å². The van der Waals surface area contributed by atoms with E-state index in [0.717, 1.165) is 0 Å². The van der Waals surface area contributed by atoms with Crippen molar-refractivity contribution in [3.8, 4) is 0 Å². The van der Waals surface area contributed by atoms with Gasteiger partial charge in [-0.05, 0) is 11.6 Å². The average Bonchev–Trinajstić information content (AvgIpc) is 2.15.